The fraction of sp³-hybridized carbons (Fsp3) is 0.190. The van der Waals surface area contributed by atoms with E-state index in [2.05, 4.69) is 5.32 Å². The van der Waals surface area contributed by atoms with Gasteiger partial charge in [0.15, 0.2) is 6.61 Å². The Labute approximate surface area is 195 Å². The van der Waals surface area contributed by atoms with Gasteiger partial charge in [0.05, 0.1) is 5.69 Å². The van der Waals surface area contributed by atoms with Gasteiger partial charge in [0, 0.05) is 23.6 Å². The molecule has 3 rings (SSSR count). The molecule has 164 valence electrons. The smallest absolute Gasteiger partial charge is 0.273 e. The Morgan fingerprint density at radius 2 is 1.87 bits per heavy atom. The lowest BCUT2D eigenvalue weighted by atomic mass is 10.1. The average Bonchev–Trinajstić information content (AvgIpc) is 3.29. The van der Waals surface area contributed by atoms with Gasteiger partial charge in [-0.2, -0.15) is 0 Å². The highest BCUT2D eigenvalue weighted by Gasteiger charge is 2.22. The first-order valence-electron chi connectivity index (χ1n) is 9.23. The number of benzene rings is 2. The minimum atomic E-state index is -3.60. The van der Waals surface area contributed by atoms with Crippen LogP contribution in [0.1, 0.15) is 5.56 Å². The summed E-state index contributed by atoms with van der Waals surface area (Å²) in [6.45, 7) is 0.255. The van der Waals surface area contributed by atoms with Gasteiger partial charge in [0.2, 0.25) is 0 Å². The Morgan fingerprint density at radius 1 is 1.13 bits per heavy atom. The molecular weight excluding hydrogens is 479 g/mol. The molecule has 0 atom stereocenters. The molecule has 0 aliphatic rings. The number of nitrogens with one attached hydrogen (secondary N) is 1. The number of halogens is 2. The summed E-state index contributed by atoms with van der Waals surface area (Å²) in [5.74, 6) is 0.188. The third-order valence-electron chi connectivity index (χ3n) is 4.41. The number of sulfonamides is 1. The van der Waals surface area contributed by atoms with E-state index in [-0.39, 0.29) is 16.7 Å². The fourth-order valence-corrected chi connectivity index (χ4v) is 5.56. The third-order valence-corrected chi connectivity index (χ3v) is 8.16. The lowest BCUT2D eigenvalue weighted by molar-refractivity contribution is -0.123. The highest BCUT2D eigenvalue weighted by molar-refractivity contribution is 7.94. The maximum Gasteiger partial charge on any atom is 0.273 e. The molecule has 0 saturated heterocycles. The van der Waals surface area contributed by atoms with Gasteiger partial charge in [-0.1, -0.05) is 35.3 Å². The van der Waals surface area contributed by atoms with E-state index in [9.17, 15) is 13.2 Å². The minimum Gasteiger partial charge on any atom is -0.484 e. The summed E-state index contributed by atoms with van der Waals surface area (Å²) in [5, 5.41) is 5.60. The standard InChI is InChI=1S/C21H20Cl2N2O4S2/c1-25(31(27,28)21-3-2-12-30-21)17-6-8-18(9-7-17)29-14-20(26)24-11-10-15-4-5-16(22)13-19(15)23/h2-9,12-13H,10-11,14H2,1H3,(H,24,26). The molecule has 1 aromatic heterocycles. The number of amides is 1. The van der Waals surface area contributed by atoms with Crippen LogP contribution < -0.4 is 14.4 Å². The summed E-state index contributed by atoms with van der Waals surface area (Å²) >= 11 is 13.1. The van der Waals surface area contributed by atoms with Crippen LogP contribution in [0.3, 0.4) is 0 Å². The molecule has 0 spiro atoms. The minimum absolute atomic E-state index is 0.156. The van der Waals surface area contributed by atoms with Gasteiger partial charge in [-0.25, -0.2) is 8.42 Å². The molecule has 0 unspecified atom stereocenters. The number of hydrogen-bond donors (Lipinski definition) is 1. The maximum absolute atomic E-state index is 12.6. The largest absolute Gasteiger partial charge is 0.484 e. The van der Waals surface area contributed by atoms with Crippen molar-refractivity contribution in [2.75, 3.05) is 24.5 Å². The fourth-order valence-electron chi connectivity index (χ4n) is 2.70. The number of thiophene rings is 1. The van der Waals surface area contributed by atoms with Crippen LogP contribution in [0.2, 0.25) is 10.0 Å². The van der Waals surface area contributed by atoms with Crippen molar-refractivity contribution in [1.82, 2.24) is 5.32 Å². The zero-order valence-electron chi connectivity index (χ0n) is 16.5. The quantitative estimate of drug-likeness (QED) is 0.466. The molecule has 6 nitrogen and oxygen atoms in total. The molecule has 0 bridgehead atoms. The van der Waals surface area contributed by atoms with Gasteiger partial charge in [-0.15, -0.1) is 11.3 Å². The zero-order chi connectivity index (χ0) is 22.4. The topological polar surface area (TPSA) is 75.7 Å². The van der Waals surface area contributed by atoms with Gasteiger partial charge >= 0.3 is 0 Å². The second-order valence-corrected chi connectivity index (χ2v) is 10.5. The molecule has 3 aromatic rings. The second-order valence-electron chi connectivity index (χ2n) is 6.52. The van der Waals surface area contributed by atoms with Crippen LogP contribution in [0.25, 0.3) is 0 Å². The van der Waals surface area contributed by atoms with Crippen LogP contribution in [0, 0.1) is 0 Å². The van der Waals surface area contributed by atoms with Crippen LogP contribution in [0.15, 0.2) is 64.2 Å². The summed E-state index contributed by atoms with van der Waals surface area (Å²) < 4.78 is 32.1. The third kappa shape index (κ3) is 6.13. The van der Waals surface area contributed by atoms with Crippen molar-refractivity contribution in [3.05, 3.63) is 75.6 Å². The maximum atomic E-state index is 12.6. The van der Waals surface area contributed by atoms with Crippen LogP contribution in [-0.2, 0) is 21.2 Å². The van der Waals surface area contributed by atoms with Gasteiger partial charge in [-0.3, -0.25) is 9.10 Å². The van der Waals surface area contributed by atoms with E-state index in [0.717, 1.165) is 16.9 Å². The van der Waals surface area contributed by atoms with E-state index < -0.39 is 10.0 Å². The predicted octanol–water partition coefficient (Wildman–Crippen LogP) is 4.62. The van der Waals surface area contributed by atoms with Crippen LogP contribution in [0.4, 0.5) is 5.69 Å². The number of nitrogens with zero attached hydrogens (tertiary/aromatic N) is 1. The molecule has 2 aromatic carbocycles. The zero-order valence-corrected chi connectivity index (χ0v) is 19.7. The Balaban J connectivity index is 1.48. The molecule has 31 heavy (non-hydrogen) atoms. The van der Waals surface area contributed by atoms with Crippen molar-refractivity contribution in [2.24, 2.45) is 0 Å². The number of anilines is 1. The van der Waals surface area contributed by atoms with Crippen molar-refractivity contribution < 1.29 is 17.9 Å². The Kier molecular flexibility index (Phi) is 7.83. The van der Waals surface area contributed by atoms with Crippen LogP contribution in [-0.4, -0.2) is 34.5 Å². The second kappa shape index (κ2) is 10.4. The normalized spacial score (nSPS) is 11.2. The van der Waals surface area contributed by atoms with Crippen molar-refractivity contribution in [1.29, 1.82) is 0 Å². The average molecular weight is 499 g/mol. The number of carbonyl (C=O) groups excluding carboxylic acids is 1. The molecule has 1 amide bonds. The Hall–Kier alpha value is -2.26. The van der Waals surface area contributed by atoms with Gasteiger partial charge in [0.1, 0.15) is 9.96 Å². The van der Waals surface area contributed by atoms with Crippen LogP contribution in [0.5, 0.6) is 5.75 Å². The molecule has 0 saturated carbocycles. The summed E-state index contributed by atoms with van der Waals surface area (Å²) in [6, 6.07) is 15.0. The molecule has 0 fully saturated rings. The van der Waals surface area contributed by atoms with Gasteiger partial charge in [-0.05, 0) is 59.8 Å². The monoisotopic (exact) mass is 498 g/mol. The van der Waals surface area contributed by atoms with Gasteiger partial charge < -0.3 is 10.1 Å². The number of rotatable bonds is 9. The van der Waals surface area contributed by atoms with E-state index in [0.29, 0.717) is 34.4 Å². The summed E-state index contributed by atoms with van der Waals surface area (Å²) in [6.07, 6.45) is 0.571. The molecular formula is C21H20Cl2N2O4S2. The first-order chi connectivity index (χ1) is 14.8. The summed E-state index contributed by atoms with van der Waals surface area (Å²) in [5.41, 5.74) is 1.38. The van der Waals surface area contributed by atoms with Crippen molar-refractivity contribution in [2.45, 2.75) is 10.6 Å². The van der Waals surface area contributed by atoms with Crippen molar-refractivity contribution in [3.63, 3.8) is 0 Å². The van der Waals surface area contributed by atoms with E-state index in [1.807, 2.05) is 6.07 Å². The molecule has 0 aliphatic carbocycles. The van der Waals surface area contributed by atoms with E-state index in [1.54, 1.807) is 53.9 Å². The Morgan fingerprint density at radius 3 is 2.52 bits per heavy atom. The molecule has 0 aliphatic heterocycles. The SMILES string of the molecule is CN(c1ccc(OCC(=O)NCCc2ccc(Cl)cc2Cl)cc1)S(=O)(=O)c1cccs1. The summed E-state index contributed by atoms with van der Waals surface area (Å²) in [7, 11) is -2.10. The molecule has 1 N–H and O–H groups in total. The highest BCUT2D eigenvalue weighted by Crippen LogP contribution is 2.26. The van der Waals surface area contributed by atoms with Crippen molar-refractivity contribution >= 4 is 56.2 Å². The number of hydrogen-bond acceptors (Lipinski definition) is 5. The lowest BCUT2D eigenvalue weighted by Crippen LogP contribution is -2.30. The first kappa shape index (κ1) is 23.4. The molecule has 10 heteroatoms. The number of carbonyl (C=O) groups is 1. The highest BCUT2D eigenvalue weighted by atomic mass is 35.5. The van der Waals surface area contributed by atoms with E-state index >= 15 is 0 Å². The van der Waals surface area contributed by atoms with E-state index in [1.165, 1.54) is 11.4 Å². The van der Waals surface area contributed by atoms with Crippen molar-refractivity contribution in [3.8, 4) is 5.75 Å². The van der Waals surface area contributed by atoms with Crippen LogP contribution >= 0.6 is 34.5 Å². The molecule has 0 radical (unpaired) electrons. The van der Waals surface area contributed by atoms with Gasteiger partial charge in [0.25, 0.3) is 15.9 Å². The Bertz CT molecular complexity index is 1130. The summed E-state index contributed by atoms with van der Waals surface area (Å²) in [4.78, 5) is 12.0. The predicted molar refractivity (Wildman–Crippen MR) is 125 cm³/mol. The molecule has 1 heterocycles. The first-order valence-corrected chi connectivity index (χ1v) is 12.3. The lowest BCUT2D eigenvalue weighted by Gasteiger charge is -2.18. The van der Waals surface area contributed by atoms with E-state index in [4.69, 9.17) is 27.9 Å². The number of ether oxygens (including phenoxy) is 1.